The minimum Gasteiger partial charge on any atom is -0.462 e. The van der Waals surface area contributed by atoms with Crippen LogP contribution in [0.3, 0.4) is 0 Å². The van der Waals surface area contributed by atoms with Gasteiger partial charge in [0.15, 0.2) is 6.10 Å². The predicted molar refractivity (Wildman–Crippen MR) is 228 cm³/mol. The Morgan fingerprint density at radius 3 is 1.43 bits per heavy atom. The number of ether oxygens (including phenoxy) is 2. The SMILES string of the molecule is CCCCC/C=C\C/C=C\CCCCCCCCCC(=O)OC[C@H](COP(=O)(O)OC[C@@H](O)CO)OC(=O)CCCCCCC/C=C\CCCCCCCCC. The van der Waals surface area contributed by atoms with E-state index in [9.17, 15) is 24.2 Å². The molecular formula is C45H83O10P. The van der Waals surface area contributed by atoms with E-state index in [1.807, 2.05) is 0 Å². The molecule has 0 bridgehead atoms. The first-order valence-corrected chi connectivity index (χ1v) is 23.9. The van der Waals surface area contributed by atoms with Crippen molar-refractivity contribution in [2.45, 2.75) is 212 Å². The van der Waals surface area contributed by atoms with Gasteiger partial charge in [0.1, 0.15) is 12.7 Å². The third kappa shape index (κ3) is 40.4. The number of esters is 2. The van der Waals surface area contributed by atoms with E-state index in [2.05, 4.69) is 50.3 Å². The van der Waals surface area contributed by atoms with Crippen LogP contribution in [0.15, 0.2) is 36.5 Å². The fourth-order valence-corrected chi connectivity index (χ4v) is 6.81. The largest absolute Gasteiger partial charge is 0.472 e. The minimum atomic E-state index is -4.62. The molecule has 0 heterocycles. The lowest BCUT2D eigenvalue weighted by Crippen LogP contribution is -2.29. The molecule has 11 heteroatoms. The maximum atomic E-state index is 12.6. The van der Waals surface area contributed by atoms with Crippen molar-refractivity contribution < 1.29 is 47.8 Å². The van der Waals surface area contributed by atoms with Crippen LogP contribution in [-0.2, 0) is 32.7 Å². The molecule has 3 atom stereocenters. The molecule has 0 amide bonds. The zero-order chi connectivity index (χ0) is 41.2. The summed E-state index contributed by atoms with van der Waals surface area (Å²) in [5.74, 6) is -0.940. The molecule has 56 heavy (non-hydrogen) atoms. The van der Waals surface area contributed by atoms with Crippen LogP contribution in [0.4, 0.5) is 0 Å². The number of hydrogen-bond donors (Lipinski definition) is 3. The molecule has 1 unspecified atom stereocenters. The van der Waals surface area contributed by atoms with Crippen molar-refractivity contribution >= 4 is 19.8 Å². The zero-order valence-electron chi connectivity index (χ0n) is 35.6. The van der Waals surface area contributed by atoms with Gasteiger partial charge in [0.05, 0.1) is 19.8 Å². The standard InChI is InChI=1S/C45H83O10P/c1-3-5-7-9-11-13-15-17-19-21-23-24-26-28-30-32-34-36-44(48)52-40-43(41-54-56(50,51)53-39-42(47)38-46)55-45(49)37-35-33-31-29-27-25-22-20-18-16-14-12-10-8-6-4-2/h11,13,17,19-20,22,42-43,46-47H,3-10,12,14-16,18,21,23-41H2,1-2H3,(H,50,51)/b13-11-,19-17-,22-20-/t42-,43+/m0/s1. The predicted octanol–water partition coefficient (Wildman–Crippen LogP) is 11.9. The molecule has 0 aromatic carbocycles. The Labute approximate surface area is 341 Å². The van der Waals surface area contributed by atoms with Gasteiger partial charge < -0.3 is 24.6 Å². The lowest BCUT2D eigenvalue weighted by Gasteiger charge is -2.20. The normalized spacial score (nSPS) is 14.2. The number of rotatable bonds is 42. The van der Waals surface area contributed by atoms with E-state index in [1.54, 1.807) is 0 Å². The second kappa shape index (κ2) is 41.4. The molecule has 0 aliphatic carbocycles. The van der Waals surface area contributed by atoms with Gasteiger partial charge in [-0.25, -0.2) is 4.57 Å². The Hall–Kier alpha value is -1.81. The fourth-order valence-electron chi connectivity index (χ4n) is 6.02. The summed E-state index contributed by atoms with van der Waals surface area (Å²) < 4.78 is 32.7. The summed E-state index contributed by atoms with van der Waals surface area (Å²) in [7, 11) is -4.62. The second-order valence-electron chi connectivity index (χ2n) is 15.1. The Bertz CT molecular complexity index is 1030. The van der Waals surface area contributed by atoms with Crippen LogP contribution >= 0.6 is 7.82 Å². The molecule has 0 aromatic heterocycles. The number of carbonyl (C=O) groups excluding carboxylic acids is 2. The van der Waals surface area contributed by atoms with Gasteiger partial charge in [-0.05, 0) is 70.6 Å². The quantitative estimate of drug-likeness (QED) is 0.0235. The topological polar surface area (TPSA) is 149 Å². The van der Waals surface area contributed by atoms with Crippen molar-refractivity contribution in [1.82, 2.24) is 0 Å². The highest BCUT2D eigenvalue weighted by atomic mass is 31.2. The molecule has 0 spiro atoms. The Kier molecular flexibility index (Phi) is 40.0. The monoisotopic (exact) mass is 815 g/mol. The number of aliphatic hydroxyl groups excluding tert-OH is 2. The lowest BCUT2D eigenvalue weighted by molar-refractivity contribution is -0.161. The number of phosphoric acid groups is 1. The third-order valence-electron chi connectivity index (χ3n) is 9.52. The average Bonchev–Trinajstić information content (AvgIpc) is 3.19. The van der Waals surface area contributed by atoms with E-state index in [-0.39, 0.29) is 19.4 Å². The smallest absolute Gasteiger partial charge is 0.462 e. The first-order valence-electron chi connectivity index (χ1n) is 22.4. The summed E-state index contributed by atoms with van der Waals surface area (Å²) in [6.45, 7) is 2.34. The summed E-state index contributed by atoms with van der Waals surface area (Å²) in [4.78, 5) is 35.0. The maximum absolute atomic E-state index is 12.6. The minimum absolute atomic E-state index is 0.173. The summed E-state index contributed by atoms with van der Waals surface area (Å²) in [5.41, 5.74) is 0. The van der Waals surface area contributed by atoms with Crippen molar-refractivity contribution in [2.75, 3.05) is 26.4 Å². The highest BCUT2D eigenvalue weighted by Gasteiger charge is 2.27. The first-order chi connectivity index (χ1) is 27.2. The molecule has 0 saturated heterocycles. The average molecular weight is 815 g/mol. The van der Waals surface area contributed by atoms with Crippen LogP contribution in [0.25, 0.3) is 0 Å². The fraction of sp³-hybridized carbons (Fsp3) is 0.822. The number of allylic oxidation sites excluding steroid dienone is 6. The van der Waals surface area contributed by atoms with Gasteiger partial charge in [0.25, 0.3) is 0 Å². The van der Waals surface area contributed by atoms with Gasteiger partial charge in [0, 0.05) is 12.8 Å². The van der Waals surface area contributed by atoms with Crippen LogP contribution in [-0.4, -0.2) is 65.7 Å². The van der Waals surface area contributed by atoms with Crippen LogP contribution in [0.2, 0.25) is 0 Å². The molecule has 0 aliphatic heterocycles. The maximum Gasteiger partial charge on any atom is 0.472 e. The molecule has 10 nitrogen and oxygen atoms in total. The summed E-state index contributed by atoms with van der Waals surface area (Å²) >= 11 is 0. The van der Waals surface area contributed by atoms with Crippen molar-refractivity contribution in [3.8, 4) is 0 Å². The summed E-state index contributed by atoms with van der Waals surface area (Å²) in [6.07, 6.45) is 42.4. The highest BCUT2D eigenvalue weighted by molar-refractivity contribution is 7.47. The van der Waals surface area contributed by atoms with E-state index in [0.29, 0.717) is 12.8 Å². The molecule has 3 N–H and O–H groups in total. The molecule has 0 fully saturated rings. The Morgan fingerprint density at radius 2 is 0.929 bits per heavy atom. The van der Waals surface area contributed by atoms with Crippen molar-refractivity contribution in [3.05, 3.63) is 36.5 Å². The highest BCUT2D eigenvalue weighted by Crippen LogP contribution is 2.43. The van der Waals surface area contributed by atoms with Crippen LogP contribution in [0, 0.1) is 0 Å². The summed E-state index contributed by atoms with van der Waals surface area (Å²) in [6, 6.07) is 0. The van der Waals surface area contributed by atoms with Gasteiger partial charge in [-0.3, -0.25) is 18.6 Å². The number of unbranched alkanes of at least 4 members (excludes halogenated alkanes) is 22. The van der Waals surface area contributed by atoms with Crippen molar-refractivity contribution in [1.29, 1.82) is 0 Å². The number of carbonyl (C=O) groups is 2. The summed E-state index contributed by atoms with van der Waals surface area (Å²) in [5, 5.41) is 18.3. The first kappa shape index (κ1) is 54.2. The van der Waals surface area contributed by atoms with Crippen LogP contribution in [0.5, 0.6) is 0 Å². The molecule has 0 aliphatic rings. The van der Waals surface area contributed by atoms with Gasteiger partial charge in [-0.15, -0.1) is 0 Å². The van der Waals surface area contributed by atoms with Crippen molar-refractivity contribution in [3.63, 3.8) is 0 Å². The molecule has 0 rings (SSSR count). The van der Waals surface area contributed by atoms with Gasteiger partial charge in [-0.2, -0.15) is 0 Å². The van der Waals surface area contributed by atoms with Gasteiger partial charge in [-0.1, -0.05) is 153 Å². The van der Waals surface area contributed by atoms with E-state index in [1.165, 1.54) is 89.9 Å². The number of aliphatic hydroxyl groups is 2. The zero-order valence-corrected chi connectivity index (χ0v) is 36.5. The van der Waals surface area contributed by atoms with Crippen LogP contribution < -0.4 is 0 Å². The molecular weight excluding hydrogens is 731 g/mol. The van der Waals surface area contributed by atoms with Crippen molar-refractivity contribution in [2.24, 2.45) is 0 Å². The van der Waals surface area contributed by atoms with Gasteiger partial charge >= 0.3 is 19.8 Å². The molecule has 0 saturated carbocycles. The number of hydrogen-bond acceptors (Lipinski definition) is 9. The number of phosphoric ester groups is 1. The van der Waals surface area contributed by atoms with E-state index >= 15 is 0 Å². The molecule has 0 aromatic rings. The van der Waals surface area contributed by atoms with E-state index in [0.717, 1.165) is 70.6 Å². The second-order valence-corrected chi connectivity index (χ2v) is 16.5. The van der Waals surface area contributed by atoms with Gasteiger partial charge in [0.2, 0.25) is 0 Å². The van der Waals surface area contributed by atoms with E-state index in [4.69, 9.17) is 23.6 Å². The molecule has 328 valence electrons. The Balaban J connectivity index is 4.29. The Morgan fingerprint density at radius 1 is 0.536 bits per heavy atom. The van der Waals surface area contributed by atoms with E-state index < -0.39 is 51.8 Å². The van der Waals surface area contributed by atoms with Crippen LogP contribution in [0.1, 0.15) is 200 Å². The lowest BCUT2D eigenvalue weighted by atomic mass is 10.1. The molecule has 0 radical (unpaired) electrons. The third-order valence-corrected chi connectivity index (χ3v) is 10.5.